The average molecular weight is 204 g/mol. The first-order valence-electron chi connectivity index (χ1n) is 5.51. The first kappa shape index (κ1) is 12.0. The van der Waals surface area contributed by atoms with Crippen molar-refractivity contribution in [1.82, 2.24) is 0 Å². The van der Waals surface area contributed by atoms with Gasteiger partial charge in [-0.1, -0.05) is 35.4 Å². The lowest BCUT2D eigenvalue weighted by molar-refractivity contribution is 0.318. The maximum Gasteiger partial charge on any atom is 0.0402 e. The van der Waals surface area contributed by atoms with Gasteiger partial charge < -0.3 is 5.11 Å². The molecular weight excluding hydrogens is 184 g/mol. The summed E-state index contributed by atoms with van der Waals surface area (Å²) in [7, 11) is 0. The van der Waals surface area contributed by atoms with Crippen molar-refractivity contribution < 1.29 is 5.11 Å². The van der Waals surface area contributed by atoms with Gasteiger partial charge in [-0.15, -0.1) is 0 Å². The van der Waals surface area contributed by atoms with E-state index < -0.39 is 0 Å². The van der Waals surface area contributed by atoms with Crippen LogP contribution in [0.15, 0.2) is 35.4 Å². The molecule has 0 atom stereocenters. The third-order valence-electron chi connectivity index (χ3n) is 2.76. The molecule has 0 radical (unpaired) electrons. The van der Waals surface area contributed by atoms with Gasteiger partial charge >= 0.3 is 0 Å². The lowest BCUT2D eigenvalue weighted by Gasteiger charge is -2.18. The molecular formula is C14H20O. The monoisotopic (exact) mass is 204 g/mol. The number of allylic oxidation sites excluding steroid dienone is 2. The van der Waals surface area contributed by atoms with E-state index in [-0.39, 0.29) is 6.61 Å². The van der Waals surface area contributed by atoms with Crippen molar-refractivity contribution in [2.24, 2.45) is 0 Å². The Bertz CT molecular complexity index is 317. The molecule has 2 rings (SSSR count). The lowest BCUT2D eigenvalue weighted by atomic mass is 9.88. The van der Waals surface area contributed by atoms with Crippen LogP contribution >= 0.6 is 0 Å². The summed E-state index contributed by atoms with van der Waals surface area (Å²) in [6.45, 7) is 6.41. The van der Waals surface area contributed by atoms with Crippen LogP contribution in [0.1, 0.15) is 31.9 Å². The molecule has 1 aromatic carbocycles. The van der Waals surface area contributed by atoms with E-state index >= 15 is 0 Å². The minimum atomic E-state index is 0.250. The molecule has 0 aliphatic heterocycles. The van der Waals surface area contributed by atoms with Crippen molar-refractivity contribution in [3.63, 3.8) is 0 Å². The largest absolute Gasteiger partial charge is 0.397 e. The molecule has 82 valence electrons. The van der Waals surface area contributed by atoms with Crippen LogP contribution in [-0.4, -0.2) is 11.7 Å². The van der Waals surface area contributed by atoms with Crippen molar-refractivity contribution in [3.8, 4) is 0 Å². The number of benzene rings is 1. The first-order chi connectivity index (χ1) is 7.19. The van der Waals surface area contributed by atoms with Crippen molar-refractivity contribution in [2.75, 3.05) is 6.61 Å². The Hall–Kier alpha value is -1.08. The Morgan fingerprint density at radius 2 is 1.33 bits per heavy atom. The minimum Gasteiger partial charge on any atom is -0.397 e. The van der Waals surface area contributed by atoms with Crippen LogP contribution in [0, 0.1) is 0 Å². The van der Waals surface area contributed by atoms with E-state index in [2.05, 4.69) is 38.1 Å². The van der Waals surface area contributed by atoms with Gasteiger partial charge in [-0.2, -0.15) is 0 Å². The first-order valence-corrected chi connectivity index (χ1v) is 5.51. The second-order valence-corrected chi connectivity index (χ2v) is 4.00. The van der Waals surface area contributed by atoms with Gasteiger partial charge in [0.25, 0.3) is 0 Å². The molecule has 1 nitrogen and oxygen atoms in total. The van der Waals surface area contributed by atoms with Gasteiger partial charge in [0.1, 0.15) is 0 Å². The van der Waals surface area contributed by atoms with Crippen molar-refractivity contribution in [1.29, 1.82) is 0 Å². The SMILES string of the molecule is CC1=C(C)Cc2ccccc2C1.CCO. The summed E-state index contributed by atoms with van der Waals surface area (Å²) in [5.41, 5.74) is 6.13. The van der Waals surface area contributed by atoms with Crippen LogP contribution in [0.25, 0.3) is 0 Å². The molecule has 0 bridgehead atoms. The van der Waals surface area contributed by atoms with E-state index in [9.17, 15) is 0 Å². The number of aliphatic hydroxyl groups excluding tert-OH is 1. The highest BCUT2D eigenvalue weighted by Gasteiger charge is 2.10. The molecule has 1 aliphatic rings. The van der Waals surface area contributed by atoms with E-state index in [0.717, 1.165) is 12.8 Å². The second kappa shape index (κ2) is 5.72. The summed E-state index contributed by atoms with van der Waals surface area (Å²) in [6, 6.07) is 8.75. The molecule has 1 heteroatoms. The summed E-state index contributed by atoms with van der Waals surface area (Å²) in [5, 5.41) is 7.57. The Balaban J connectivity index is 0.000000337. The maximum absolute atomic E-state index is 7.57. The Morgan fingerprint density at radius 3 is 1.67 bits per heavy atom. The van der Waals surface area contributed by atoms with Gasteiger partial charge in [-0.05, 0) is 44.7 Å². The molecule has 0 fully saturated rings. The number of aliphatic hydroxyl groups is 1. The molecule has 0 aromatic heterocycles. The maximum atomic E-state index is 7.57. The average Bonchev–Trinajstić information content (AvgIpc) is 2.21. The zero-order valence-corrected chi connectivity index (χ0v) is 9.88. The number of hydrogen-bond donors (Lipinski definition) is 1. The molecule has 0 spiro atoms. The third-order valence-corrected chi connectivity index (χ3v) is 2.76. The standard InChI is InChI=1S/C12H14.C2H6O/c1-9-7-11-5-3-4-6-12(11)8-10(9)2;1-2-3/h3-6H,7-8H2,1-2H3;3H,2H2,1H3. The summed E-state index contributed by atoms with van der Waals surface area (Å²) in [6.07, 6.45) is 2.31. The minimum absolute atomic E-state index is 0.250. The van der Waals surface area contributed by atoms with Crippen LogP contribution in [-0.2, 0) is 12.8 Å². The third kappa shape index (κ3) is 3.21. The highest BCUT2D eigenvalue weighted by molar-refractivity contribution is 5.39. The number of fused-ring (bicyclic) bond motifs is 1. The summed E-state index contributed by atoms with van der Waals surface area (Å²) >= 11 is 0. The van der Waals surface area contributed by atoms with Crippen LogP contribution in [0.4, 0.5) is 0 Å². The molecule has 1 N–H and O–H groups in total. The van der Waals surface area contributed by atoms with Crippen LogP contribution in [0.2, 0.25) is 0 Å². The van der Waals surface area contributed by atoms with E-state index in [1.165, 1.54) is 11.1 Å². The zero-order valence-electron chi connectivity index (χ0n) is 9.88. The quantitative estimate of drug-likeness (QED) is 0.644. The fourth-order valence-corrected chi connectivity index (χ4v) is 1.78. The molecule has 0 heterocycles. The fraction of sp³-hybridized carbons (Fsp3) is 0.429. The Kier molecular flexibility index (Phi) is 4.57. The van der Waals surface area contributed by atoms with Gasteiger partial charge in [0.05, 0.1) is 0 Å². The van der Waals surface area contributed by atoms with Crippen LogP contribution < -0.4 is 0 Å². The molecule has 0 saturated heterocycles. The van der Waals surface area contributed by atoms with E-state index in [1.54, 1.807) is 18.1 Å². The highest BCUT2D eigenvalue weighted by atomic mass is 16.2. The number of rotatable bonds is 0. The fourth-order valence-electron chi connectivity index (χ4n) is 1.78. The van der Waals surface area contributed by atoms with Crippen LogP contribution in [0.3, 0.4) is 0 Å². The predicted molar refractivity (Wildman–Crippen MR) is 65.0 cm³/mol. The van der Waals surface area contributed by atoms with Crippen molar-refractivity contribution >= 4 is 0 Å². The Labute approximate surface area is 92.5 Å². The topological polar surface area (TPSA) is 20.2 Å². The molecule has 15 heavy (non-hydrogen) atoms. The number of hydrogen-bond acceptors (Lipinski definition) is 1. The van der Waals surface area contributed by atoms with Gasteiger partial charge in [0.15, 0.2) is 0 Å². The van der Waals surface area contributed by atoms with Gasteiger partial charge in [0, 0.05) is 6.61 Å². The van der Waals surface area contributed by atoms with Crippen molar-refractivity contribution in [2.45, 2.75) is 33.6 Å². The van der Waals surface area contributed by atoms with E-state index in [4.69, 9.17) is 5.11 Å². The van der Waals surface area contributed by atoms with Crippen LogP contribution in [0.5, 0.6) is 0 Å². The molecule has 0 saturated carbocycles. The molecule has 0 unspecified atom stereocenters. The van der Waals surface area contributed by atoms with E-state index in [0.29, 0.717) is 0 Å². The summed E-state index contributed by atoms with van der Waals surface area (Å²) in [4.78, 5) is 0. The predicted octanol–water partition coefficient (Wildman–Crippen LogP) is 3.12. The zero-order chi connectivity index (χ0) is 11.3. The molecule has 0 amide bonds. The second-order valence-electron chi connectivity index (χ2n) is 4.00. The highest BCUT2D eigenvalue weighted by Crippen LogP contribution is 2.24. The van der Waals surface area contributed by atoms with Crippen molar-refractivity contribution in [3.05, 3.63) is 46.5 Å². The normalized spacial score (nSPS) is 14.1. The summed E-state index contributed by atoms with van der Waals surface area (Å²) in [5.74, 6) is 0. The van der Waals surface area contributed by atoms with Gasteiger partial charge in [-0.25, -0.2) is 0 Å². The van der Waals surface area contributed by atoms with Gasteiger partial charge in [0.2, 0.25) is 0 Å². The lowest BCUT2D eigenvalue weighted by Crippen LogP contribution is -2.04. The molecule has 1 aliphatic carbocycles. The smallest absolute Gasteiger partial charge is 0.0402 e. The van der Waals surface area contributed by atoms with E-state index in [1.807, 2.05) is 0 Å². The summed E-state index contributed by atoms with van der Waals surface area (Å²) < 4.78 is 0. The Morgan fingerprint density at radius 1 is 1.00 bits per heavy atom. The van der Waals surface area contributed by atoms with Gasteiger partial charge in [-0.3, -0.25) is 0 Å². The molecule has 1 aromatic rings.